The molecule has 24 heavy (non-hydrogen) atoms. The smallest absolute Gasteiger partial charge is 0.229 e. The number of anilines is 1. The fraction of sp³-hybridized carbons (Fsp3) is 0.389. The van der Waals surface area contributed by atoms with Crippen LogP contribution in [0.5, 0.6) is 0 Å². The molecule has 1 amide bonds. The van der Waals surface area contributed by atoms with Crippen molar-refractivity contribution in [3.05, 3.63) is 41.0 Å². The van der Waals surface area contributed by atoms with Gasteiger partial charge in [0.2, 0.25) is 5.91 Å². The van der Waals surface area contributed by atoms with Crippen molar-refractivity contribution < 1.29 is 9.32 Å². The lowest BCUT2D eigenvalue weighted by molar-refractivity contribution is -0.115. The van der Waals surface area contributed by atoms with Crippen molar-refractivity contribution in [2.75, 3.05) is 5.32 Å². The lowest BCUT2D eigenvalue weighted by atomic mass is 10.1. The van der Waals surface area contributed by atoms with E-state index in [-0.39, 0.29) is 12.3 Å². The lowest BCUT2D eigenvalue weighted by Crippen LogP contribution is -2.15. The minimum Gasteiger partial charge on any atom is -0.361 e. The number of nitrogens with zero attached hydrogens (tertiary/aromatic N) is 3. The Morgan fingerprint density at radius 3 is 2.75 bits per heavy atom. The molecule has 0 aliphatic rings. The number of nitrogens with one attached hydrogen (secondary N) is 1. The van der Waals surface area contributed by atoms with Gasteiger partial charge in [0, 0.05) is 17.8 Å². The van der Waals surface area contributed by atoms with E-state index in [1.54, 1.807) is 0 Å². The molecule has 0 saturated carbocycles. The molecule has 3 aromatic rings. The maximum atomic E-state index is 12.3. The molecule has 0 fully saturated rings. The molecule has 0 aliphatic heterocycles. The van der Waals surface area contributed by atoms with Crippen molar-refractivity contribution in [2.45, 2.75) is 47.1 Å². The van der Waals surface area contributed by atoms with E-state index >= 15 is 0 Å². The molecule has 0 aliphatic carbocycles. The summed E-state index contributed by atoms with van der Waals surface area (Å²) >= 11 is 0. The third-order valence-electron chi connectivity index (χ3n) is 4.19. The molecule has 0 atom stereocenters. The zero-order valence-electron chi connectivity index (χ0n) is 14.5. The molecule has 0 unspecified atom stereocenters. The standard InChI is InChI=1S/C18H22N4O2/c1-5-8-22-13(4)19-16-9-14(6-7-17(16)22)20-18(23)10-15-11(2)21-24-12(15)3/h6-7,9H,5,8,10H2,1-4H3,(H,20,23). The molecule has 126 valence electrons. The first kappa shape index (κ1) is 16.2. The van der Waals surface area contributed by atoms with Gasteiger partial charge in [-0.05, 0) is 45.4 Å². The Labute approximate surface area is 140 Å². The predicted octanol–water partition coefficient (Wildman–Crippen LogP) is 3.54. The maximum Gasteiger partial charge on any atom is 0.229 e. The van der Waals surface area contributed by atoms with Gasteiger partial charge in [-0.3, -0.25) is 4.79 Å². The summed E-state index contributed by atoms with van der Waals surface area (Å²) in [6.45, 7) is 8.76. The van der Waals surface area contributed by atoms with Gasteiger partial charge in [-0.2, -0.15) is 0 Å². The number of imidazole rings is 1. The summed E-state index contributed by atoms with van der Waals surface area (Å²) in [6, 6.07) is 5.84. The molecule has 1 N–H and O–H groups in total. The second-order valence-corrected chi connectivity index (χ2v) is 6.04. The van der Waals surface area contributed by atoms with E-state index in [0.29, 0.717) is 5.76 Å². The quantitative estimate of drug-likeness (QED) is 0.778. The molecule has 0 saturated heterocycles. The normalized spacial score (nSPS) is 11.2. The average Bonchev–Trinajstić information content (AvgIpc) is 3.01. The average molecular weight is 326 g/mol. The third-order valence-corrected chi connectivity index (χ3v) is 4.19. The zero-order valence-corrected chi connectivity index (χ0v) is 14.5. The van der Waals surface area contributed by atoms with Crippen molar-refractivity contribution in [1.82, 2.24) is 14.7 Å². The van der Waals surface area contributed by atoms with E-state index in [0.717, 1.165) is 46.8 Å². The summed E-state index contributed by atoms with van der Waals surface area (Å²) in [5.74, 6) is 1.59. The van der Waals surface area contributed by atoms with Gasteiger partial charge in [-0.15, -0.1) is 0 Å². The van der Waals surface area contributed by atoms with E-state index in [4.69, 9.17) is 4.52 Å². The van der Waals surface area contributed by atoms with E-state index in [1.807, 2.05) is 39.0 Å². The summed E-state index contributed by atoms with van der Waals surface area (Å²) in [5.41, 5.74) is 4.35. The predicted molar refractivity (Wildman–Crippen MR) is 93.1 cm³/mol. The Balaban J connectivity index is 1.79. The number of rotatable bonds is 5. The number of fused-ring (bicyclic) bond motifs is 1. The lowest BCUT2D eigenvalue weighted by Gasteiger charge is -2.07. The van der Waals surface area contributed by atoms with Gasteiger partial charge in [0.05, 0.1) is 23.1 Å². The molecule has 0 radical (unpaired) electrons. The third kappa shape index (κ3) is 3.04. The van der Waals surface area contributed by atoms with Gasteiger partial charge in [-0.25, -0.2) is 4.98 Å². The molecule has 0 spiro atoms. The highest BCUT2D eigenvalue weighted by atomic mass is 16.5. The first-order valence-electron chi connectivity index (χ1n) is 8.18. The number of carbonyl (C=O) groups excluding carboxylic acids is 1. The van der Waals surface area contributed by atoms with Crippen LogP contribution in [-0.2, 0) is 17.8 Å². The fourth-order valence-electron chi connectivity index (χ4n) is 2.95. The summed E-state index contributed by atoms with van der Waals surface area (Å²) in [7, 11) is 0. The second kappa shape index (κ2) is 6.47. The van der Waals surface area contributed by atoms with Crippen molar-refractivity contribution in [2.24, 2.45) is 0 Å². The van der Waals surface area contributed by atoms with Crippen molar-refractivity contribution in [3.63, 3.8) is 0 Å². The first-order chi connectivity index (χ1) is 11.5. The monoisotopic (exact) mass is 326 g/mol. The Kier molecular flexibility index (Phi) is 4.38. The van der Waals surface area contributed by atoms with Crippen molar-refractivity contribution >= 4 is 22.6 Å². The van der Waals surface area contributed by atoms with Crippen LogP contribution >= 0.6 is 0 Å². The van der Waals surface area contributed by atoms with Crippen LogP contribution in [0.2, 0.25) is 0 Å². The van der Waals surface area contributed by atoms with E-state index in [2.05, 4.69) is 26.9 Å². The second-order valence-electron chi connectivity index (χ2n) is 6.04. The number of amides is 1. The molecule has 0 bridgehead atoms. The molecule has 2 heterocycles. The van der Waals surface area contributed by atoms with Crippen LogP contribution in [0.3, 0.4) is 0 Å². The number of aryl methyl sites for hydroxylation is 4. The Bertz CT molecular complexity index is 872. The summed E-state index contributed by atoms with van der Waals surface area (Å²) in [5, 5.41) is 6.81. The number of carbonyl (C=O) groups is 1. The molecular formula is C18H22N4O2. The number of aromatic nitrogens is 3. The van der Waals surface area contributed by atoms with Crippen molar-refractivity contribution in [3.8, 4) is 0 Å². The highest BCUT2D eigenvalue weighted by molar-refractivity contribution is 5.94. The maximum absolute atomic E-state index is 12.3. The molecule has 2 aromatic heterocycles. The van der Waals surface area contributed by atoms with Gasteiger partial charge in [0.25, 0.3) is 0 Å². The van der Waals surface area contributed by atoms with Crippen LogP contribution in [0.15, 0.2) is 22.7 Å². The topological polar surface area (TPSA) is 73.0 Å². The molecule has 3 rings (SSSR count). The zero-order chi connectivity index (χ0) is 17.3. The van der Waals surface area contributed by atoms with Crippen molar-refractivity contribution in [1.29, 1.82) is 0 Å². The summed E-state index contributed by atoms with van der Waals surface area (Å²) < 4.78 is 7.30. The first-order valence-corrected chi connectivity index (χ1v) is 8.18. The summed E-state index contributed by atoms with van der Waals surface area (Å²) in [6.07, 6.45) is 1.31. The van der Waals surface area contributed by atoms with Crippen LogP contribution in [0.4, 0.5) is 5.69 Å². The molecule has 6 nitrogen and oxygen atoms in total. The molecule has 1 aromatic carbocycles. The highest BCUT2D eigenvalue weighted by Gasteiger charge is 2.14. The Hall–Kier alpha value is -2.63. The van der Waals surface area contributed by atoms with E-state index < -0.39 is 0 Å². The van der Waals surface area contributed by atoms with E-state index in [1.165, 1.54) is 0 Å². The number of hydrogen-bond donors (Lipinski definition) is 1. The molecule has 6 heteroatoms. The highest BCUT2D eigenvalue weighted by Crippen LogP contribution is 2.21. The Morgan fingerprint density at radius 2 is 2.08 bits per heavy atom. The van der Waals surface area contributed by atoms with Crippen LogP contribution in [0.25, 0.3) is 11.0 Å². The number of hydrogen-bond acceptors (Lipinski definition) is 4. The van der Waals surface area contributed by atoms with Gasteiger partial charge in [-0.1, -0.05) is 12.1 Å². The Morgan fingerprint density at radius 1 is 1.29 bits per heavy atom. The van der Waals surface area contributed by atoms with Gasteiger partial charge in [0.15, 0.2) is 0 Å². The van der Waals surface area contributed by atoms with Crippen LogP contribution < -0.4 is 5.32 Å². The SMILES string of the molecule is CCCn1c(C)nc2cc(NC(=O)Cc3c(C)noc3C)ccc21. The number of benzene rings is 1. The minimum absolute atomic E-state index is 0.0894. The van der Waals surface area contributed by atoms with Gasteiger partial charge < -0.3 is 14.4 Å². The minimum atomic E-state index is -0.0894. The van der Waals surface area contributed by atoms with Gasteiger partial charge in [0.1, 0.15) is 11.6 Å². The van der Waals surface area contributed by atoms with Crippen LogP contribution in [0.1, 0.15) is 36.2 Å². The summed E-state index contributed by atoms with van der Waals surface area (Å²) in [4.78, 5) is 16.9. The van der Waals surface area contributed by atoms with Gasteiger partial charge >= 0.3 is 0 Å². The largest absolute Gasteiger partial charge is 0.361 e. The molecular weight excluding hydrogens is 304 g/mol. The van der Waals surface area contributed by atoms with Crippen LogP contribution in [0, 0.1) is 20.8 Å². The van der Waals surface area contributed by atoms with E-state index in [9.17, 15) is 4.79 Å². The fourth-order valence-corrected chi connectivity index (χ4v) is 2.95. The van der Waals surface area contributed by atoms with Crippen LogP contribution in [-0.4, -0.2) is 20.6 Å².